The molecule has 0 aliphatic rings. The van der Waals surface area contributed by atoms with Crippen molar-refractivity contribution < 1.29 is 22.7 Å². The maximum atomic E-state index is 12.5. The summed E-state index contributed by atoms with van der Waals surface area (Å²) in [7, 11) is 0. The Morgan fingerprint density at radius 2 is 1.81 bits per heavy atom. The predicted octanol–water partition coefficient (Wildman–Crippen LogP) is 4.62. The number of halogens is 4. The van der Waals surface area contributed by atoms with Crippen LogP contribution in [0.5, 0.6) is 5.75 Å². The fourth-order valence-electron chi connectivity index (χ4n) is 1.66. The van der Waals surface area contributed by atoms with Gasteiger partial charge >= 0.3 is 6.18 Å². The van der Waals surface area contributed by atoms with Crippen molar-refractivity contribution in [3.63, 3.8) is 0 Å². The molecule has 110 valence electrons. The Labute approximate surface area is 124 Å². The molecule has 0 N–H and O–H groups in total. The number of ether oxygens (including phenoxy) is 1. The van der Waals surface area contributed by atoms with Crippen molar-refractivity contribution in [2.45, 2.75) is 6.18 Å². The number of rotatable bonds is 4. The van der Waals surface area contributed by atoms with Gasteiger partial charge in [-0.1, -0.05) is 29.8 Å². The van der Waals surface area contributed by atoms with Crippen LogP contribution in [0.1, 0.15) is 15.9 Å². The summed E-state index contributed by atoms with van der Waals surface area (Å²) < 4.78 is 42.7. The Morgan fingerprint density at radius 1 is 1.10 bits per heavy atom. The molecule has 0 aromatic heterocycles. The maximum absolute atomic E-state index is 12.5. The van der Waals surface area contributed by atoms with E-state index < -0.39 is 11.7 Å². The molecule has 0 heterocycles. The van der Waals surface area contributed by atoms with Crippen molar-refractivity contribution in [3.05, 3.63) is 64.7 Å². The van der Waals surface area contributed by atoms with E-state index in [4.69, 9.17) is 16.3 Å². The lowest BCUT2D eigenvalue weighted by Crippen LogP contribution is -2.12. The summed E-state index contributed by atoms with van der Waals surface area (Å²) in [5.74, 6) is -0.380. The highest BCUT2D eigenvalue weighted by Crippen LogP contribution is 2.31. The van der Waals surface area contributed by atoms with Crippen LogP contribution in [0.2, 0.25) is 5.02 Å². The van der Waals surface area contributed by atoms with Gasteiger partial charge in [0.25, 0.3) is 0 Å². The lowest BCUT2D eigenvalue weighted by atomic mass is 10.1. The Bertz CT molecular complexity index is 653. The first kappa shape index (κ1) is 15.4. The molecule has 21 heavy (non-hydrogen) atoms. The normalized spacial score (nSPS) is 11.2. The summed E-state index contributed by atoms with van der Waals surface area (Å²) in [5, 5.41) is 0.403. The van der Waals surface area contributed by atoms with Crippen molar-refractivity contribution in [2.24, 2.45) is 0 Å². The van der Waals surface area contributed by atoms with Crippen LogP contribution in [-0.2, 0) is 6.18 Å². The van der Waals surface area contributed by atoms with Crippen LogP contribution in [0.3, 0.4) is 0 Å². The average Bonchev–Trinajstić information content (AvgIpc) is 2.44. The van der Waals surface area contributed by atoms with Gasteiger partial charge in [-0.05, 0) is 30.3 Å². The van der Waals surface area contributed by atoms with Gasteiger partial charge in [0.05, 0.1) is 5.56 Å². The summed E-state index contributed by atoms with van der Waals surface area (Å²) in [6.07, 6.45) is -4.45. The molecule has 6 heteroatoms. The van der Waals surface area contributed by atoms with Crippen LogP contribution >= 0.6 is 11.6 Å². The zero-order chi connectivity index (χ0) is 15.5. The molecule has 0 unspecified atom stereocenters. The molecule has 2 aromatic carbocycles. The van der Waals surface area contributed by atoms with E-state index in [1.807, 2.05) is 0 Å². The molecule has 0 aliphatic heterocycles. The van der Waals surface area contributed by atoms with E-state index in [1.54, 1.807) is 18.2 Å². The average molecular weight is 315 g/mol. The summed E-state index contributed by atoms with van der Waals surface area (Å²) >= 11 is 5.76. The Hall–Kier alpha value is -2.01. The topological polar surface area (TPSA) is 26.3 Å². The SMILES string of the molecule is O=C(COc1cccc(C(F)(F)F)c1)c1cccc(Cl)c1. The number of hydrogen-bond acceptors (Lipinski definition) is 2. The Kier molecular flexibility index (Phi) is 4.53. The lowest BCUT2D eigenvalue weighted by Gasteiger charge is -2.10. The summed E-state index contributed by atoms with van der Waals surface area (Å²) in [6.45, 7) is -0.359. The van der Waals surface area contributed by atoms with E-state index >= 15 is 0 Å². The van der Waals surface area contributed by atoms with E-state index in [9.17, 15) is 18.0 Å². The minimum atomic E-state index is -4.45. The fraction of sp³-hybridized carbons (Fsp3) is 0.133. The molecule has 2 nitrogen and oxygen atoms in total. The van der Waals surface area contributed by atoms with E-state index in [0.717, 1.165) is 12.1 Å². The second kappa shape index (κ2) is 6.18. The molecular formula is C15H10ClF3O2. The van der Waals surface area contributed by atoms with Crippen LogP contribution in [0.25, 0.3) is 0 Å². The van der Waals surface area contributed by atoms with E-state index in [-0.39, 0.29) is 18.1 Å². The van der Waals surface area contributed by atoms with Crippen molar-refractivity contribution in [1.29, 1.82) is 0 Å². The van der Waals surface area contributed by atoms with Crippen molar-refractivity contribution in [1.82, 2.24) is 0 Å². The number of alkyl halides is 3. The van der Waals surface area contributed by atoms with Gasteiger partial charge < -0.3 is 4.74 Å². The van der Waals surface area contributed by atoms with Crippen LogP contribution in [0, 0.1) is 0 Å². The lowest BCUT2D eigenvalue weighted by molar-refractivity contribution is -0.137. The largest absolute Gasteiger partial charge is 0.485 e. The molecule has 0 bridgehead atoms. The van der Waals surface area contributed by atoms with Crippen LogP contribution < -0.4 is 4.74 Å². The van der Waals surface area contributed by atoms with Gasteiger partial charge in [0.15, 0.2) is 12.4 Å². The van der Waals surface area contributed by atoms with Crippen molar-refractivity contribution in [3.8, 4) is 5.75 Å². The number of hydrogen-bond donors (Lipinski definition) is 0. The molecule has 0 atom stereocenters. The Morgan fingerprint density at radius 3 is 2.48 bits per heavy atom. The van der Waals surface area contributed by atoms with Gasteiger partial charge in [-0.15, -0.1) is 0 Å². The summed E-state index contributed by atoms with van der Waals surface area (Å²) in [6, 6.07) is 10.6. The first-order valence-electron chi connectivity index (χ1n) is 5.95. The van der Waals surface area contributed by atoms with Crippen LogP contribution in [0.15, 0.2) is 48.5 Å². The first-order chi connectivity index (χ1) is 9.86. The van der Waals surface area contributed by atoms with Gasteiger partial charge in [0.2, 0.25) is 0 Å². The standard InChI is InChI=1S/C15H10ClF3O2/c16-12-5-1-3-10(7-12)14(20)9-21-13-6-2-4-11(8-13)15(17,18)19/h1-8H,9H2. The van der Waals surface area contributed by atoms with Crippen molar-refractivity contribution in [2.75, 3.05) is 6.61 Å². The molecule has 0 aliphatic carbocycles. The van der Waals surface area contributed by atoms with Gasteiger partial charge in [0.1, 0.15) is 5.75 Å². The molecule has 2 aromatic rings. The van der Waals surface area contributed by atoms with E-state index in [2.05, 4.69) is 0 Å². The monoisotopic (exact) mass is 314 g/mol. The number of Topliss-reactive ketones (excluding diaryl/α,β-unsaturated/α-hetero) is 1. The summed E-state index contributed by atoms with van der Waals surface area (Å²) in [4.78, 5) is 11.8. The minimum Gasteiger partial charge on any atom is -0.485 e. The third kappa shape index (κ3) is 4.23. The smallest absolute Gasteiger partial charge is 0.416 e. The van der Waals surface area contributed by atoms with Crippen LogP contribution in [-0.4, -0.2) is 12.4 Å². The predicted molar refractivity (Wildman–Crippen MR) is 72.7 cm³/mol. The van der Waals surface area contributed by atoms with Crippen molar-refractivity contribution >= 4 is 17.4 Å². The third-order valence-corrected chi connectivity index (χ3v) is 2.91. The highest BCUT2D eigenvalue weighted by atomic mass is 35.5. The minimum absolute atomic E-state index is 0.0137. The van der Waals surface area contributed by atoms with Gasteiger partial charge in [0, 0.05) is 10.6 Å². The van der Waals surface area contributed by atoms with E-state index in [0.29, 0.717) is 10.6 Å². The zero-order valence-corrected chi connectivity index (χ0v) is 11.4. The quantitative estimate of drug-likeness (QED) is 0.770. The molecular weight excluding hydrogens is 305 g/mol. The zero-order valence-electron chi connectivity index (χ0n) is 10.7. The van der Waals surface area contributed by atoms with Gasteiger partial charge in [-0.3, -0.25) is 4.79 Å². The second-order valence-electron chi connectivity index (χ2n) is 4.25. The fourth-order valence-corrected chi connectivity index (χ4v) is 1.85. The van der Waals surface area contributed by atoms with E-state index in [1.165, 1.54) is 18.2 Å². The molecule has 2 rings (SSSR count). The molecule has 0 saturated carbocycles. The molecule has 0 radical (unpaired) electrons. The Balaban J connectivity index is 2.05. The van der Waals surface area contributed by atoms with Crippen LogP contribution in [0.4, 0.5) is 13.2 Å². The molecule has 0 spiro atoms. The maximum Gasteiger partial charge on any atom is 0.416 e. The van der Waals surface area contributed by atoms with Gasteiger partial charge in [-0.2, -0.15) is 13.2 Å². The molecule has 0 saturated heterocycles. The highest BCUT2D eigenvalue weighted by Gasteiger charge is 2.30. The first-order valence-corrected chi connectivity index (χ1v) is 6.33. The number of carbonyl (C=O) groups excluding carboxylic acids is 1. The number of benzene rings is 2. The molecule has 0 fully saturated rings. The summed E-state index contributed by atoms with van der Waals surface area (Å²) in [5.41, 5.74) is -0.482. The second-order valence-corrected chi connectivity index (χ2v) is 4.68. The third-order valence-electron chi connectivity index (χ3n) is 2.68. The van der Waals surface area contributed by atoms with Gasteiger partial charge in [-0.25, -0.2) is 0 Å². The number of ketones is 1. The number of carbonyl (C=O) groups is 1. The molecule has 0 amide bonds. The highest BCUT2D eigenvalue weighted by molar-refractivity contribution is 6.31.